The average Bonchev–Trinajstić information content (AvgIpc) is 2.74. The number of carboxylic acid groups (broad SMARTS) is 2. The smallest absolute Gasteiger partial charge is 0.344 e. The Morgan fingerprint density at radius 2 is 0.485 bits per heavy atom. The number of Topliss-reactive ketones (excluding diaryl/α,β-unsaturated/α-hetero) is 3. The van der Waals surface area contributed by atoms with Crippen LogP contribution in [0.25, 0.3) is 0 Å². The van der Waals surface area contributed by atoms with Crippen molar-refractivity contribution < 1.29 is 183 Å². The molecule has 0 bridgehead atoms. The van der Waals surface area contributed by atoms with Gasteiger partial charge < -0.3 is 97.4 Å². The molecule has 0 aliphatic heterocycles. The molecule has 0 atom stereocenters. The van der Waals surface area contributed by atoms with Crippen molar-refractivity contribution in [1.29, 1.82) is 0 Å². The van der Waals surface area contributed by atoms with Gasteiger partial charge in [-0.25, -0.2) is 52.7 Å². The van der Waals surface area contributed by atoms with Gasteiger partial charge in [0, 0.05) is 58.7 Å². The fourth-order valence-electron chi connectivity index (χ4n) is 6.44. The van der Waals surface area contributed by atoms with Gasteiger partial charge >= 0.3 is 89.5 Å². The standard InChI is InChI=1S/C31H45NO18.C15H25NO8.C14H18O12.CH4/c1-22(33)14-44-28(39)18-47-25(36)11-7-8-12-26(37)48-19-30(41)50-21-31(42)49-20-29(40)45-15-23(34)10-6-4-3-5-9-13-32-24(35)16-46-27(38)17-43-2;17-8-14(21)23-10-12(19)6-4-2-1-3-5-7-16-13(20)11-24-15(22)9-18;15-9(16)5-23-13(21)7-25-11(19)3-1-2-4-12(20)26-8-14(22)24-6-10(17)18;/h3-21H2,1-2H3,(H,32,35);17-18H,1-11H2,(H,16,20);1-8H2,(H,15,16)(H,17,18);1H4. The van der Waals surface area contributed by atoms with E-state index >= 15 is 0 Å². The first-order chi connectivity index (χ1) is 47.5. The molecule has 0 saturated carbocycles. The number of aliphatic hydroxyl groups excluding tert-OH is 2. The van der Waals surface area contributed by atoms with Crippen molar-refractivity contribution in [3.05, 3.63) is 0 Å². The summed E-state index contributed by atoms with van der Waals surface area (Å²) < 4.78 is 63.6. The number of carboxylic acids is 2. The highest BCUT2D eigenvalue weighted by molar-refractivity contribution is 5.86. The number of ketones is 3. The molecule has 2 amide bonds. The number of aliphatic carboxylic acids is 2. The molecule has 0 aromatic rings. The van der Waals surface area contributed by atoms with Gasteiger partial charge in [0.15, 0.2) is 83.4 Å². The topological polar surface area (TPSA) is 576 Å². The minimum Gasteiger partial charge on any atom is -0.479 e. The number of carbonyl (C=O) groups excluding carboxylic acids is 18. The van der Waals surface area contributed by atoms with E-state index in [-0.39, 0.29) is 102 Å². The van der Waals surface area contributed by atoms with Gasteiger partial charge in [-0.1, -0.05) is 46.0 Å². The first-order valence-electron chi connectivity index (χ1n) is 30.8. The second-order valence-corrected chi connectivity index (χ2v) is 20.1. The van der Waals surface area contributed by atoms with Gasteiger partial charge in [0.2, 0.25) is 0 Å². The van der Waals surface area contributed by atoms with Gasteiger partial charge in [0.25, 0.3) is 11.8 Å². The lowest BCUT2D eigenvalue weighted by Crippen LogP contribution is -2.30. The Morgan fingerprint density at radius 1 is 0.257 bits per heavy atom. The molecule has 40 nitrogen and oxygen atoms in total. The molecule has 0 rings (SSSR count). The molecule has 574 valence electrons. The van der Waals surface area contributed by atoms with E-state index in [9.17, 15) is 95.9 Å². The summed E-state index contributed by atoms with van der Waals surface area (Å²) in [4.78, 5) is 224. The van der Waals surface area contributed by atoms with Crippen molar-refractivity contribution in [2.45, 2.75) is 143 Å². The maximum atomic E-state index is 11.9. The molecule has 0 unspecified atom stereocenters. The highest BCUT2D eigenvalue weighted by atomic mass is 16.6. The van der Waals surface area contributed by atoms with Crippen LogP contribution in [-0.4, -0.2) is 265 Å². The van der Waals surface area contributed by atoms with Gasteiger partial charge in [-0.3, -0.25) is 43.2 Å². The summed E-state index contributed by atoms with van der Waals surface area (Å²) in [6.07, 6.45) is 8.66. The molecule has 0 radical (unpaired) electrons. The maximum absolute atomic E-state index is 11.9. The fourth-order valence-corrected chi connectivity index (χ4v) is 6.44. The van der Waals surface area contributed by atoms with E-state index in [0.717, 1.165) is 44.9 Å². The van der Waals surface area contributed by atoms with Crippen LogP contribution in [0.15, 0.2) is 0 Å². The van der Waals surface area contributed by atoms with Gasteiger partial charge in [0.1, 0.15) is 39.6 Å². The Bertz CT molecular complexity index is 2530. The van der Waals surface area contributed by atoms with Gasteiger partial charge in [-0.05, 0) is 58.3 Å². The molecule has 0 fully saturated rings. The zero-order valence-electron chi connectivity index (χ0n) is 55.5. The first-order valence-corrected chi connectivity index (χ1v) is 30.8. The number of rotatable bonds is 56. The fraction of sp³-hybridized carbons (Fsp3) is 0.672. The first kappa shape index (κ1) is 97.3. The maximum Gasteiger partial charge on any atom is 0.344 e. The number of methoxy groups -OCH3 is 1. The molecule has 0 aromatic carbocycles. The van der Waals surface area contributed by atoms with Crippen LogP contribution in [0.3, 0.4) is 0 Å². The molecule has 0 aliphatic carbocycles. The van der Waals surface area contributed by atoms with E-state index < -0.39 is 187 Å². The van der Waals surface area contributed by atoms with Crippen LogP contribution in [-0.2, 0) is 162 Å². The van der Waals surface area contributed by atoms with E-state index in [1.54, 1.807) is 0 Å². The third-order valence-electron chi connectivity index (χ3n) is 11.2. The second-order valence-electron chi connectivity index (χ2n) is 20.1. The highest BCUT2D eigenvalue weighted by Gasteiger charge is 2.18. The highest BCUT2D eigenvalue weighted by Crippen LogP contribution is 2.09. The Balaban J connectivity index is -0.000000773. The molecule has 101 heavy (non-hydrogen) atoms. The lowest BCUT2D eigenvalue weighted by atomic mass is 10.1. The molecule has 40 heteroatoms. The normalized spacial score (nSPS) is 9.94. The van der Waals surface area contributed by atoms with Crippen molar-refractivity contribution >= 4 is 119 Å². The summed E-state index contributed by atoms with van der Waals surface area (Å²) in [5, 5.41) is 38.6. The van der Waals surface area contributed by atoms with Crippen molar-refractivity contribution in [3.63, 3.8) is 0 Å². The van der Waals surface area contributed by atoms with E-state index in [0.29, 0.717) is 38.8 Å². The van der Waals surface area contributed by atoms with Crippen LogP contribution in [0.4, 0.5) is 0 Å². The molecule has 0 aliphatic rings. The van der Waals surface area contributed by atoms with Crippen molar-refractivity contribution in [2.75, 3.05) is 126 Å². The number of ether oxygens (including phenoxy) is 14. The number of nitrogens with one attached hydrogen (secondary N) is 2. The number of hydrogen-bond acceptors (Lipinski definition) is 36. The van der Waals surface area contributed by atoms with Gasteiger partial charge in [0.05, 0.1) is 0 Å². The molecule has 0 heterocycles. The number of carbonyl (C=O) groups is 20. The Hall–Kier alpha value is -10.1. The summed E-state index contributed by atoms with van der Waals surface area (Å²) in [6, 6.07) is 0. The third kappa shape index (κ3) is 72.5. The Morgan fingerprint density at radius 3 is 0.782 bits per heavy atom. The average molecular weight is 1460 g/mol. The molecule has 0 saturated heterocycles. The molecule has 0 spiro atoms. The Kier molecular flexibility index (Phi) is 63.4. The van der Waals surface area contributed by atoms with Crippen LogP contribution in [0, 0.1) is 0 Å². The van der Waals surface area contributed by atoms with E-state index in [1.807, 2.05) is 0 Å². The van der Waals surface area contributed by atoms with Crippen LogP contribution in [0.2, 0.25) is 0 Å². The number of amides is 2. The Labute approximate surface area is 579 Å². The molecular formula is C61H92N2O38. The SMILES string of the molecule is C.COCC(=O)OCC(=O)NCCCCCCCC(=O)COC(=O)COC(=O)COC(=O)COC(=O)CCCCC(=O)OCC(=O)OCC(C)=O.O=C(CCCCCCCNC(=O)COC(=O)CO)COC(=O)CO.O=C(O)COC(=O)COC(=O)CCCCC(=O)OCC(=O)OCC(=O)O. The van der Waals surface area contributed by atoms with Crippen molar-refractivity contribution in [2.24, 2.45) is 0 Å². The second kappa shape index (κ2) is 65.8. The molecular weight excluding hydrogens is 1370 g/mol. The molecule has 0 aromatic heterocycles. The predicted octanol–water partition coefficient (Wildman–Crippen LogP) is -1.78. The largest absolute Gasteiger partial charge is 0.479 e. The van der Waals surface area contributed by atoms with E-state index in [1.165, 1.54) is 14.0 Å². The van der Waals surface area contributed by atoms with Crippen molar-refractivity contribution in [1.82, 2.24) is 10.6 Å². The predicted molar refractivity (Wildman–Crippen MR) is 330 cm³/mol. The minimum atomic E-state index is -1.34. The third-order valence-corrected chi connectivity index (χ3v) is 11.2. The lowest BCUT2D eigenvalue weighted by Gasteiger charge is -2.08. The summed E-state index contributed by atoms with van der Waals surface area (Å²) in [5.74, 6) is -15.6. The zero-order valence-corrected chi connectivity index (χ0v) is 55.5. The van der Waals surface area contributed by atoms with E-state index in [2.05, 4.69) is 67.5 Å². The molecule has 6 N–H and O–H groups in total. The van der Waals surface area contributed by atoms with Gasteiger partial charge in [-0.2, -0.15) is 0 Å². The number of unbranched alkanes of at least 4 members (excludes halogenated alkanes) is 10. The lowest BCUT2D eigenvalue weighted by molar-refractivity contribution is -0.168. The number of esters is 13. The summed E-state index contributed by atoms with van der Waals surface area (Å²) in [5.41, 5.74) is 0. The van der Waals surface area contributed by atoms with E-state index in [4.69, 9.17) is 29.9 Å². The van der Waals surface area contributed by atoms with Crippen LogP contribution >= 0.6 is 0 Å². The van der Waals surface area contributed by atoms with Crippen LogP contribution < -0.4 is 10.6 Å². The summed E-state index contributed by atoms with van der Waals surface area (Å²) in [7, 11) is 1.34. The quantitative estimate of drug-likeness (QED) is 0.0223. The van der Waals surface area contributed by atoms with Crippen molar-refractivity contribution in [3.8, 4) is 0 Å². The number of aliphatic hydroxyl groups is 2. The minimum absolute atomic E-state index is 0. The number of hydrogen-bond donors (Lipinski definition) is 6. The zero-order chi connectivity index (χ0) is 75.7. The monoisotopic (exact) mass is 1460 g/mol. The van der Waals surface area contributed by atoms with Crippen LogP contribution in [0.5, 0.6) is 0 Å². The van der Waals surface area contributed by atoms with Gasteiger partial charge in [-0.15, -0.1) is 0 Å². The van der Waals surface area contributed by atoms with Crippen LogP contribution in [0.1, 0.15) is 143 Å². The summed E-state index contributed by atoms with van der Waals surface area (Å²) >= 11 is 0. The summed E-state index contributed by atoms with van der Waals surface area (Å²) in [6.45, 7) is -7.83.